The van der Waals surface area contributed by atoms with E-state index < -0.39 is 0 Å². The van der Waals surface area contributed by atoms with Gasteiger partial charge in [0.15, 0.2) is 0 Å². The molecule has 1 fully saturated rings. The first kappa shape index (κ1) is 11.8. The van der Waals surface area contributed by atoms with E-state index in [-0.39, 0.29) is 5.82 Å². The molecule has 1 saturated carbocycles. The molecule has 0 radical (unpaired) electrons. The van der Waals surface area contributed by atoms with Crippen LogP contribution in [0.25, 0.3) is 11.5 Å². The average molecular weight is 312 g/mol. The Hall–Kier alpha value is -1.27. The van der Waals surface area contributed by atoms with Crippen LogP contribution in [0.3, 0.4) is 0 Å². The maximum Gasteiger partial charge on any atom is 0.247 e. The van der Waals surface area contributed by atoms with E-state index in [1.807, 2.05) is 0 Å². The zero-order valence-corrected chi connectivity index (χ0v) is 11.1. The maximum atomic E-state index is 13.1. The van der Waals surface area contributed by atoms with Crippen LogP contribution in [0.4, 0.5) is 4.39 Å². The van der Waals surface area contributed by atoms with Crippen molar-refractivity contribution in [1.82, 2.24) is 15.5 Å². The maximum absolute atomic E-state index is 13.1. The Kier molecular flexibility index (Phi) is 3.13. The third-order valence-electron chi connectivity index (χ3n) is 2.75. The van der Waals surface area contributed by atoms with E-state index in [9.17, 15) is 4.39 Å². The van der Waals surface area contributed by atoms with Crippen molar-refractivity contribution in [2.75, 3.05) is 0 Å². The Morgan fingerprint density at radius 1 is 1.39 bits per heavy atom. The van der Waals surface area contributed by atoms with Crippen molar-refractivity contribution in [3.8, 4) is 11.5 Å². The molecule has 18 heavy (non-hydrogen) atoms. The van der Waals surface area contributed by atoms with E-state index in [0.717, 1.165) is 0 Å². The third kappa shape index (κ3) is 2.59. The van der Waals surface area contributed by atoms with Crippen LogP contribution in [0, 0.1) is 5.82 Å². The van der Waals surface area contributed by atoms with Crippen LogP contribution in [0.15, 0.2) is 27.1 Å². The van der Waals surface area contributed by atoms with Gasteiger partial charge in [0, 0.05) is 11.6 Å². The van der Waals surface area contributed by atoms with Crippen molar-refractivity contribution in [1.29, 1.82) is 0 Å². The Morgan fingerprint density at radius 3 is 2.94 bits per heavy atom. The van der Waals surface area contributed by atoms with Crippen LogP contribution in [-0.4, -0.2) is 16.2 Å². The minimum atomic E-state index is -0.311. The summed E-state index contributed by atoms with van der Waals surface area (Å²) in [5.41, 5.74) is 0.702. The van der Waals surface area contributed by atoms with Gasteiger partial charge in [0.05, 0.1) is 11.0 Å². The van der Waals surface area contributed by atoms with E-state index in [1.165, 1.54) is 18.9 Å². The molecule has 1 aliphatic rings. The first-order valence-corrected chi connectivity index (χ1v) is 6.53. The smallest absolute Gasteiger partial charge is 0.247 e. The normalized spacial score (nSPS) is 15.0. The fourth-order valence-electron chi connectivity index (χ4n) is 1.59. The molecule has 1 aromatic heterocycles. The highest BCUT2D eigenvalue weighted by atomic mass is 79.9. The van der Waals surface area contributed by atoms with Gasteiger partial charge in [-0.25, -0.2) is 4.39 Å². The largest absolute Gasteiger partial charge is 0.419 e. The molecule has 1 aromatic carbocycles. The lowest BCUT2D eigenvalue weighted by Gasteiger charge is -1.98. The summed E-state index contributed by atoms with van der Waals surface area (Å²) in [5.74, 6) is 0.648. The topological polar surface area (TPSA) is 51.0 Å². The second kappa shape index (κ2) is 4.78. The first-order valence-electron chi connectivity index (χ1n) is 5.73. The van der Waals surface area contributed by atoms with Gasteiger partial charge < -0.3 is 9.73 Å². The summed E-state index contributed by atoms with van der Waals surface area (Å²) < 4.78 is 19.0. The monoisotopic (exact) mass is 311 g/mol. The molecular formula is C12H11BrFN3O. The Balaban J connectivity index is 1.76. The molecule has 4 nitrogen and oxygen atoms in total. The molecule has 3 rings (SSSR count). The number of aromatic nitrogens is 2. The molecular weight excluding hydrogens is 301 g/mol. The summed E-state index contributed by atoms with van der Waals surface area (Å²) >= 11 is 3.13. The number of nitrogens with one attached hydrogen (secondary N) is 1. The molecule has 2 aromatic rings. The molecule has 94 valence electrons. The molecule has 1 aliphatic carbocycles. The summed E-state index contributed by atoms with van der Waals surface area (Å²) in [4.78, 5) is 0. The van der Waals surface area contributed by atoms with Gasteiger partial charge in [-0.05, 0) is 47.0 Å². The molecule has 0 atom stereocenters. The zero-order valence-electron chi connectivity index (χ0n) is 9.49. The molecule has 0 spiro atoms. The standard InChI is InChI=1S/C12H11BrFN3O/c13-9-5-7(1-4-10(9)14)12-17-16-11(18-12)6-15-8-2-3-8/h1,4-5,8,15H,2-3,6H2. The van der Waals surface area contributed by atoms with E-state index >= 15 is 0 Å². The van der Waals surface area contributed by atoms with Gasteiger partial charge >= 0.3 is 0 Å². The number of hydrogen-bond donors (Lipinski definition) is 1. The second-order valence-electron chi connectivity index (χ2n) is 4.29. The SMILES string of the molecule is Fc1ccc(-c2nnc(CNC3CC3)o2)cc1Br. The van der Waals surface area contributed by atoms with Crippen LogP contribution in [0.1, 0.15) is 18.7 Å². The molecule has 0 bridgehead atoms. The van der Waals surface area contributed by atoms with Crippen LogP contribution in [-0.2, 0) is 6.54 Å². The van der Waals surface area contributed by atoms with Gasteiger partial charge in [0.25, 0.3) is 0 Å². The van der Waals surface area contributed by atoms with Gasteiger partial charge in [-0.1, -0.05) is 0 Å². The lowest BCUT2D eigenvalue weighted by atomic mass is 10.2. The lowest BCUT2D eigenvalue weighted by molar-refractivity contribution is 0.476. The predicted octanol–water partition coefficient (Wildman–Crippen LogP) is 2.89. The van der Waals surface area contributed by atoms with Crippen molar-refractivity contribution < 1.29 is 8.81 Å². The Bertz CT molecular complexity index is 568. The highest BCUT2D eigenvalue weighted by Crippen LogP contribution is 2.24. The number of benzene rings is 1. The lowest BCUT2D eigenvalue weighted by Crippen LogP contribution is -2.15. The fraction of sp³-hybridized carbons (Fsp3) is 0.333. The molecule has 6 heteroatoms. The predicted molar refractivity (Wildman–Crippen MR) is 67.3 cm³/mol. The first-order chi connectivity index (χ1) is 8.72. The highest BCUT2D eigenvalue weighted by Gasteiger charge is 2.21. The molecule has 0 aliphatic heterocycles. The molecule has 0 unspecified atom stereocenters. The van der Waals surface area contributed by atoms with E-state index in [0.29, 0.717) is 34.4 Å². The summed E-state index contributed by atoms with van der Waals surface area (Å²) in [6.45, 7) is 0.583. The number of rotatable bonds is 4. The fourth-order valence-corrected chi connectivity index (χ4v) is 1.97. The minimum absolute atomic E-state index is 0.311. The zero-order chi connectivity index (χ0) is 12.5. The van der Waals surface area contributed by atoms with Crippen molar-refractivity contribution >= 4 is 15.9 Å². The van der Waals surface area contributed by atoms with Crippen LogP contribution >= 0.6 is 15.9 Å². The van der Waals surface area contributed by atoms with Gasteiger partial charge in [-0.15, -0.1) is 10.2 Å². The minimum Gasteiger partial charge on any atom is -0.419 e. The van der Waals surface area contributed by atoms with Crippen molar-refractivity contribution in [3.63, 3.8) is 0 Å². The summed E-state index contributed by atoms with van der Waals surface area (Å²) in [7, 11) is 0. The van der Waals surface area contributed by atoms with Gasteiger partial charge in [-0.2, -0.15) is 0 Å². The number of halogens is 2. The molecule has 1 N–H and O–H groups in total. The van der Waals surface area contributed by atoms with E-state index in [2.05, 4.69) is 31.4 Å². The van der Waals surface area contributed by atoms with E-state index in [4.69, 9.17) is 4.42 Å². The van der Waals surface area contributed by atoms with Crippen molar-refractivity contribution in [2.24, 2.45) is 0 Å². The number of nitrogens with zero attached hydrogens (tertiary/aromatic N) is 2. The summed E-state index contributed by atoms with van der Waals surface area (Å²) in [5, 5.41) is 11.2. The van der Waals surface area contributed by atoms with Gasteiger partial charge in [-0.3, -0.25) is 0 Å². The highest BCUT2D eigenvalue weighted by molar-refractivity contribution is 9.10. The molecule has 1 heterocycles. The van der Waals surface area contributed by atoms with Crippen LogP contribution in [0.5, 0.6) is 0 Å². The molecule has 0 saturated heterocycles. The van der Waals surface area contributed by atoms with Gasteiger partial charge in [0.2, 0.25) is 11.8 Å². The summed E-state index contributed by atoms with van der Waals surface area (Å²) in [6, 6.07) is 5.21. The van der Waals surface area contributed by atoms with Crippen molar-refractivity contribution in [3.05, 3.63) is 34.4 Å². The Morgan fingerprint density at radius 2 is 2.22 bits per heavy atom. The summed E-state index contributed by atoms with van der Waals surface area (Å²) in [6.07, 6.45) is 2.43. The Labute approximate surface area is 112 Å². The number of hydrogen-bond acceptors (Lipinski definition) is 4. The quantitative estimate of drug-likeness (QED) is 0.943. The van der Waals surface area contributed by atoms with E-state index in [1.54, 1.807) is 12.1 Å². The molecule has 0 amide bonds. The van der Waals surface area contributed by atoms with Crippen molar-refractivity contribution in [2.45, 2.75) is 25.4 Å². The van der Waals surface area contributed by atoms with Crippen LogP contribution in [0.2, 0.25) is 0 Å². The average Bonchev–Trinajstić information content (AvgIpc) is 3.08. The third-order valence-corrected chi connectivity index (χ3v) is 3.36. The van der Waals surface area contributed by atoms with Gasteiger partial charge in [0.1, 0.15) is 5.82 Å². The van der Waals surface area contributed by atoms with Crippen LogP contribution < -0.4 is 5.32 Å². The second-order valence-corrected chi connectivity index (χ2v) is 5.14.